The lowest BCUT2D eigenvalue weighted by molar-refractivity contribution is -0.904. The van der Waals surface area contributed by atoms with Crippen LogP contribution in [-0.4, -0.2) is 120 Å². The summed E-state index contributed by atoms with van der Waals surface area (Å²) in [6.45, 7) is 15.9. The van der Waals surface area contributed by atoms with Crippen molar-refractivity contribution in [2.45, 2.75) is 95.9 Å². The van der Waals surface area contributed by atoms with Gasteiger partial charge in [0, 0.05) is 37.8 Å². The van der Waals surface area contributed by atoms with Crippen molar-refractivity contribution in [3.63, 3.8) is 0 Å². The number of aliphatic hydroxyl groups is 2. The molecule has 12 heteroatoms. The van der Waals surface area contributed by atoms with Gasteiger partial charge in [-0.1, -0.05) is 26.8 Å². The molecule has 4 fully saturated rings. The zero-order valence-corrected chi connectivity index (χ0v) is 26.6. The number of nitrogens with one attached hydrogen (secondary N) is 1. The molecule has 8 atom stereocenters. The first-order valence-electron chi connectivity index (χ1n) is 15.1. The molecule has 4 aliphatic rings. The first kappa shape index (κ1) is 33.5. The topological polar surface area (TPSA) is 158 Å². The number of carbonyl (C=O) groups is 4. The SMILES string of the molecule is C=C[C@@]1(C)CC(=O)[C@]2(O)[C@@]3(C)[C@@H](O)CCC(C)(C)[C@@H]3[C@H](OC(=O)COC(=O)C[N+]3(C)CCNCC3)[C@H](OC(C)=O)[C@@]2(C)O1. The van der Waals surface area contributed by atoms with E-state index in [1.165, 1.54) is 19.9 Å². The summed E-state index contributed by atoms with van der Waals surface area (Å²) < 4.78 is 24.1. The Bertz CT molecular complexity index is 1170. The van der Waals surface area contributed by atoms with E-state index >= 15 is 0 Å². The molecule has 0 spiro atoms. The van der Waals surface area contributed by atoms with Crippen LogP contribution in [0.4, 0.5) is 0 Å². The monoisotopic (exact) mass is 609 g/mol. The average molecular weight is 610 g/mol. The van der Waals surface area contributed by atoms with E-state index in [-0.39, 0.29) is 19.4 Å². The van der Waals surface area contributed by atoms with E-state index in [2.05, 4.69) is 11.9 Å². The van der Waals surface area contributed by atoms with Gasteiger partial charge in [-0.25, -0.2) is 9.59 Å². The highest BCUT2D eigenvalue weighted by Crippen LogP contribution is 2.67. The molecule has 12 nitrogen and oxygen atoms in total. The van der Waals surface area contributed by atoms with E-state index in [4.69, 9.17) is 18.9 Å². The Morgan fingerprint density at radius 3 is 2.33 bits per heavy atom. The van der Waals surface area contributed by atoms with Crippen molar-refractivity contribution in [2.75, 3.05) is 46.4 Å². The molecule has 2 aliphatic heterocycles. The summed E-state index contributed by atoms with van der Waals surface area (Å²) in [5.41, 5.74) is -7.82. The summed E-state index contributed by atoms with van der Waals surface area (Å²) in [5, 5.41) is 27.5. The van der Waals surface area contributed by atoms with E-state index < -0.39 is 82.2 Å². The number of nitrogens with zero attached hydrogens (tertiary/aromatic N) is 1. The molecule has 3 N–H and O–H groups in total. The van der Waals surface area contributed by atoms with Gasteiger partial charge in [0.15, 0.2) is 30.6 Å². The molecule has 4 rings (SSSR count). The van der Waals surface area contributed by atoms with Crippen LogP contribution in [0, 0.1) is 16.7 Å². The Hall–Kier alpha value is -2.38. The van der Waals surface area contributed by atoms with E-state index in [1.54, 1.807) is 13.8 Å². The van der Waals surface area contributed by atoms with Gasteiger partial charge in [-0.15, -0.1) is 6.58 Å². The first-order valence-corrected chi connectivity index (χ1v) is 15.1. The van der Waals surface area contributed by atoms with Gasteiger partial charge in [0.05, 0.1) is 31.8 Å². The van der Waals surface area contributed by atoms with Gasteiger partial charge < -0.3 is 39.0 Å². The van der Waals surface area contributed by atoms with E-state index in [9.17, 15) is 29.4 Å². The number of ketones is 1. The Balaban J connectivity index is 1.73. The van der Waals surface area contributed by atoms with Crippen LogP contribution < -0.4 is 5.32 Å². The molecule has 0 radical (unpaired) electrons. The maximum Gasteiger partial charge on any atom is 0.362 e. The Morgan fingerprint density at radius 2 is 1.74 bits per heavy atom. The Labute approximate surface area is 253 Å². The van der Waals surface area contributed by atoms with E-state index in [0.717, 1.165) is 26.2 Å². The number of ether oxygens (including phenoxy) is 4. The second-order valence-electron chi connectivity index (χ2n) is 14.5. The molecule has 0 amide bonds. The van der Waals surface area contributed by atoms with Crippen LogP contribution in [0.5, 0.6) is 0 Å². The predicted octanol–water partition coefficient (Wildman–Crippen LogP) is 0.664. The molecule has 2 saturated heterocycles. The number of esters is 3. The number of fused-ring (bicyclic) bond motifs is 3. The van der Waals surface area contributed by atoms with Gasteiger partial charge >= 0.3 is 17.9 Å². The zero-order valence-electron chi connectivity index (χ0n) is 26.6. The number of hydrogen-bond donors (Lipinski definition) is 3. The van der Waals surface area contributed by atoms with Crippen molar-refractivity contribution in [2.24, 2.45) is 16.7 Å². The molecule has 2 heterocycles. The highest BCUT2D eigenvalue weighted by Gasteiger charge is 2.82. The molecule has 2 saturated carbocycles. The van der Waals surface area contributed by atoms with Gasteiger partial charge in [-0.2, -0.15) is 0 Å². The number of Topliss-reactive ketones (excluding diaryl/α,β-unsaturated/α-hetero) is 1. The molecule has 242 valence electrons. The normalized spacial score (nSPS) is 41.7. The quantitative estimate of drug-likeness (QED) is 0.161. The average Bonchev–Trinajstić information content (AvgIpc) is 2.90. The number of hydrogen-bond acceptors (Lipinski definition) is 11. The fourth-order valence-electron chi connectivity index (χ4n) is 8.52. The van der Waals surface area contributed by atoms with E-state index in [1.807, 2.05) is 20.9 Å². The number of carbonyl (C=O) groups excluding carboxylic acids is 4. The van der Waals surface area contributed by atoms with Crippen LogP contribution in [0.25, 0.3) is 0 Å². The standard InChI is InChI=1S/C31H49N2O10/c1-9-28(5)16-21(36)31(39)29(6)20(35)10-11-27(3,4)25(29)24(26(41-19(2)34)30(31,7)43-28)42-23(38)18-40-22(37)17-33(8)14-12-32-13-15-33/h9,20,24-26,32,35,39H,1,10-18H2,2-8H3/q+1/t20-,24-,25-,26-,28-,29-,30+,31-/m0/s1. The van der Waals surface area contributed by atoms with Gasteiger partial charge in [0.25, 0.3) is 0 Å². The molecular formula is C31H49N2O10+. The lowest BCUT2D eigenvalue weighted by Gasteiger charge is -2.71. The van der Waals surface area contributed by atoms with E-state index in [0.29, 0.717) is 10.9 Å². The van der Waals surface area contributed by atoms with Crippen LogP contribution >= 0.6 is 0 Å². The fraction of sp³-hybridized carbons (Fsp3) is 0.806. The smallest absolute Gasteiger partial charge is 0.362 e. The van der Waals surface area contributed by atoms with Crippen molar-refractivity contribution in [1.29, 1.82) is 0 Å². The molecule has 0 aromatic carbocycles. The van der Waals surface area contributed by atoms with Crippen molar-refractivity contribution >= 4 is 23.7 Å². The van der Waals surface area contributed by atoms with Crippen LogP contribution in [0.15, 0.2) is 12.7 Å². The minimum absolute atomic E-state index is 0.0928. The number of quaternary nitrogens is 1. The predicted molar refractivity (Wildman–Crippen MR) is 153 cm³/mol. The molecule has 0 unspecified atom stereocenters. The third-order valence-corrected chi connectivity index (χ3v) is 10.8. The van der Waals surface area contributed by atoms with Gasteiger partial charge in [-0.05, 0) is 32.1 Å². The summed E-state index contributed by atoms with van der Waals surface area (Å²) in [6.07, 6.45) is -1.94. The lowest BCUT2D eigenvalue weighted by atomic mass is 9.39. The van der Waals surface area contributed by atoms with Gasteiger partial charge in [-0.3, -0.25) is 9.59 Å². The second kappa shape index (κ2) is 11.2. The summed E-state index contributed by atoms with van der Waals surface area (Å²) >= 11 is 0. The first-order chi connectivity index (χ1) is 19.8. The minimum Gasteiger partial charge on any atom is -0.455 e. The van der Waals surface area contributed by atoms with Crippen LogP contribution in [0.3, 0.4) is 0 Å². The van der Waals surface area contributed by atoms with Crippen molar-refractivity contribution in [3.8, 4) is 0 Å². The third-order valence-electron chi connectivity index (χ3n) is 10.8. The van der Waals surface area contributed by atoms with Crippen LogP contribution in [-0.2, 0) is 38.1 Å². The summed E-state index contributed by atoms with van der Waals surface area (Å²) in [5.74, 6) is -3.64. The zero-order chi connectivity index (χ0) is 32.2. The largest absolute Gasteiger partial charge is 0.455 e. The maximum absolute atomic E-state index is 14.1. The third kappa shape index (κ3) is 5.43. The fourth-order valence-corrected chi connectivity index (χ4v) is 8.52. The number of piperazine rings is 1. The van der Waals surface area contributed by atoms with Crippen molar-refractivity contribution < 1.29 is 52.8 Å². The molecule has 2 aliphatic carbocycles. The lowest BCUT2D eigenvalue weighted by Crippen LogP contribution is -2.87. The number of rotatable bonds is 7. The number of aliphatic hydroxyl groups excluding tert-OH is 1. The van der Waals surface area contributed by atoms with Crippen LogP contribution in [0.1, 0.15) is 60.8 Å². The van der Waals surface area contributed by atoms with Crippen molar-refractivity contribution in [3.05, 3.63) is 12.7 Å². The molecule has 43 heavy (non-hydrogen) atoms. The molecule has 0 aromatic rings. The number of likely N-dealkylation sites (N-methyl/N-ethyl adjacent to an activating group) is 1. The summed E-state index contributed by atoms with van der Waals surface area (Å²) in [6, 6.07) is 0. The molecule has 0 bridgehead atoms. The minimum atomic E-state index is -2.33. The molecule has 0 aromatic heterocycles. The Morgan fingerprint density at radius 1 is 1.12 bits per heavy atom. The highest BCUT2D eigenvalue weighted by atomic mass is 16.6. The van der Waals surface area contributed by atoms with Crippen LogP contribution in [0.2, 0.25) is 0 Å². The highest BCUT2D eigenvalue weighted by molar-refractivity contribution is 5.92. The maximum atomic E-state index is 14.1. The second-order valence-corrected chi connectivity index (χ2v) is 14.5. The Kier molecular flexibility index (Phi) is 8.73. The molecular weight excluding hydrogens is 560 g/mol. The van der Waals surface area contributed by atoms with Gasteiger partial charge in [0.1, 0.15) is 11.7 Å². The summed E-state index contributed by atoms with van der Waals surface area (Å²) in [7, 11) is 1.95. The van der Waals surface area contributed by atoms with Gasteiger partial charge in [0.2, 0.25) is 0 Å². The van der Waals surface area contributed by atoms with Crippen molar-refractivity contribution in [1.82, 2.24) is 5.32 Å². The summed E-state index contributed by atoms with van der Waals surface area (Å²) in [4.78, 5) is 52.7.